The molecule has 0 radical (unpaired) electrons. The molecule has 0 aromatic rings. The monoisotopic (exact) mass is 871 g/mol. The van der Waals surface area contributed by atoms with Gasteiger partial charge in [0, 0.05) is 19.3 Å². The van der Waals surface area contributed by atoms with Crippen LogP contribution < -0.4 is 0 Å². The standard InChI is InChI=1S/C56H102O6/c1-4-7-10-13-16-19-21-23-25-27-29-30-32-34-37-40-43-46-49-55(58)61-52-53(51-60-54(57)48-45-42-39-36-18-15-12-9-6-3)62-56(59)50-47-44-41-38-35-33-31-28-26-24-22-20-17-14-11-8-5-2/h8,11,17,20,24,26,53H,4-7,9-10,12-16,18-19,21-23,25,27-52H2,1-3H3/b11-8-,20-17-,26-24-. The Morgan fingerprint density at radius 1 is 0.339 bits per heavy atom. The van der Waals surface area contributed by atoms with E-state index in [0.29, 0.717) is 19.3 Å². The second-order valence-electron chi connectivity index (χ2n) is 18.1. The van der Waals surface area contributed by atoms with E-state index in [1.54, 1.807) is 0 Å². The minimum atomic E-state index is -0.771. The topological polar surface area (TPSA) is 78.9 Å². The number of ether oxygens (including phenoxy) is 3. The van der Waals surface area contributed by atoms with E-state index in [-0.39, 0.29) is 31.1 Å². The summed E-state index contributed by atoms with van der Waals surface area (Å²) in [6.07, 6.45) is 59.9. The van der Waals surface area contributed by atoms with Crippen molar-refractivity contribution in [3.8, 4) is 0 Å². The number of hydrogen-bond acceptors (Lipinski definition) is 6. The Hall–Kier alpha value is -2.37. The van der Waals surface area contributed by atoms with E-state index < -0.39 is 6.10 Å². The summed E-state index contributed by atoms with van der Waals surface area (Å²) < 4.78 is 16.8. The maximum absolute atomic E-state index is 12.8. The van der Waals surface area contributed by atoms with Crippen molar-refractivity contribution in [2.24, 2.45) is 0 Å². The zero-order valence-electron chi connectivity index (χ0n) is 41.4. The summed E-state index contributed by atoms with van der Waals surface area (Å²) in [5.41, 5.74) is 0. The van der Waals surface area contributed by atoms with Crippen LogP contribution in [0.5, 0.6) is 0 Å². The highest BCUT2D eigenvalue weighted by Crippen LogP contribution is 2.16. The van der Waals surface area contributed by atoms with Gasteiger partial charge in [0.25, 0.3) is 0 Å². The van der Waals surface area contributed by atoms with Gasteiger partial charge in [-0.1, -0.05) is 250 Å². The van der Waals surface area contributed by atoms with Gasteiger partial charge in [-0.3, -0.25) is 14.4 Å². The summed E-state index contributed by atoms with van der Waals surface area (Å²) >= 11 is 0. The van der Waals surface area contributed by atoms with E-state index in [2.05, 4.69) is 57.2 Å². The van der Waals surface area contributed by atoms with Crippen molar-refractivity contribution in [3.63, 3.8) is 0 Å². The first kappa shape index (κ1) is 59.6. The van der Waals surface area contributed by atoms with E-state index in [4.69, 9.17) is 14.2 Å². The van der Waals surface area contributed by atoms with Gasteiger partial charge in [-0.05, 0) is 51.4 Å². The van der Waals surface area contributed by atoms with Crippen molar-refractivity contribution in [1.82, 2.24) is 0 Å². The second kappa shape index (κ2) is 51.3. The van der Waals surface area contributed by atoms with Crippen LogP contribution in [0.3, 0.4) is 0 Å². The molecule has 0 heterocycles. The Bertz CT molecular complexity index is 1050. The number of hydrogen-bond donors (Lipinski definition) is 0. The van der Waals surface area contributed by atoms with Crippen molar-refractivity contribution in [3.05, 3.63) is 36.5 Å². The van der Waals surface area contributed by atoms with E-state index in [9.17, 15) is 14.4 Å². The van der Waals surface area contributed by atoms with Crippen molar-refractivity contribution >= 4 is 17.9 Å². The summed E-state index contributed by atoms with van der Waals surface area (Å²) in [4.78, 5) is 37.9. The van der Waals surface area contributed by atoms with Crippen LogP contribution in [-0.2, 0) is 28.6 Å². The van der Waals surface area contributed by atoms with E-state index in [1.165, 1.54) is 161 Å². The third-order valence-electron chi connectivity index (χ3n) is 11.9. The van der Waals surface area contributed by atoms with Crippen LogP contribution in [0.15, 0.2) is 36.5 Å². The molecule has 0 amide bonds. The molecule has 62 heavy (non-hydrogen) atoms. The van der Waals surface area contributed by atoms with Gasteiger partial charge in [-0.2, -0.15) is 0 Å². The highest BCUT2D eigenvalue weighted by atomic mass is 16.6. The molecule has 0 fully saturated rings. The fraction of sp³-hybridized carbons (Fsp3) is 0.839. The minimum absolute atomic E-state index is 0.0720. The first-order valence-corrected chi connectivity index (χ1v) is 27.0. The Kier molecular flexibility index (Phi) is 49.3. The Balaban J connectivity index is 4.27. The summed E-state index contributed by atoms with van der Waals surface area (Å²) in [6.45, 7) is 6.53. The molecule has 0 aliphatic carbocycles. The normalized spacial score (nSPS) is 12.2. The second-order valence-corrected chi connectivity index (χ2v) is 18.1. The lowest BCUT2D eigenvalue weighted by atomic mass is 10.0. The molecule has 0 aromatic heterocycles. The van der Waals surface area contributed by atoms with Crippen molar-refractivity contribution in [2.75, 3.05) is 13.2 Å². The van der Waals surface area contributed by atoms with E-state index in [1.807, 2.05) is 0 Å². The molecule has 1 atom stereocenters. The predicted octanol–water partition coefficient (Wildman–Crippen LogP) is 17.7. The number of carbonyl (C=O) groups excluding carboxylic acids is 3. The van der Waals surface area contributed by atoms with Gasteiger partial charge < -0.3 is 14.2 Å². The van der Waals surface area contributed by atoms with Crippen molar-refractivity contribution < 1.29 is 28.6 Å². The lowest BCUT2D eigenvalue weighted by molar-refractivity contribution is -0.167. The first-order valence-electron chi connectivity index (χ1n) is 27.0. The Labute approximate surface area is 385 Å². The molecule has 0 rings (SSSR count). The van der Waals surface area contributed by atoms with Crippen molar-refractivity contribution in [1.29, 1.82) is 0 Å². The molecular formula is C56H102O6. The van der Waals surface area contributed by atoms with Gasteiger partial charge in [0.05, 0.1) is 0 Å². The molecule has 6 heteroatoms. The lowest BCUT2D eigenvalue weighted by Gasteiger charge is -2.18. The first-order chi connectivity index (χ1) is 30.5. The maximum atomic E-state index is 12.8. The largest absolute Gasteiger partial charge is 0.462 e. The summed E-state index contributed by atoms with van der Waals surface area (Å²) in [6, 6.07) is 0. The van der Waals surface area contributed by atoms with E-state index >= 15 is 0 Å². The average Bonchev–Trinajstić information content (AvgIpc) is 3.27. The minimum Gasteiger partial charge on any atom is -0.462 e. The lowest BCUT2D eigenvalue weighted by Crippen LogP contribution is -2.30. The average molecular weight is 871 g/mol. The van der Waals surface area contributed by atoms with Crippen LogP contribution >= 0.6 is 0 Å². The van der Waals surface area contributed by atoms with Crippen molar-refractivity contribution in [2.45, 2.75) is 290 Å². The molecule has 0 bridgehead atoms. The highest BCUT2D eigenvalue weighted by molar-refractivity contribution is 5.71. The van der Waals surface area contributed by atoms with Gasteiger partial charge in [0.15, 0.2) is 6.10 Å². The number of allylic oxidation sites excluding steroid dienone is 6. The Morgan fingerprint density at radius 3 is 0.984 bits per heavy atom. The molecule has 0 saturated heterocycles. The SMILES string of the molecule is CC/C=C\C/C=C\C/C=C\CCCCCCCCCC(=O)OC(COC(=O)CCCCCCCCCCC)COC(=O)CCCCCCCCCCCCCCCCCCCC. The van der Waals surface area contributed by atoms with Gasteiger partial charge in [0.1, 0.15) is 13.2 Å². The quantitative estimate of drug-likeness (QED) is 0.0262. The maximum Gasteiger partial charge on any atom is 0.306 e. The van der Waals surface area contributed by atoms with Gasteiger partial charge >= 0.3 is 17.9 Å². The fourth-order valence-corrected chi connectivity index (χ4v) is 7.87. The zero-order chi connectivity index (χ0) is 45.1. The van der Waals surface area contributed by atoms with Gasteiger partial charge in [0.2, 0.25) is 0 Å². The molecule has 0 spiro atoms. The summed E-state index contributed by atoms with van der Waals surface area (Å²) in [7, 11) is 0. The van der Waals surface area contributed by atoms with Gasteiger partial charge in [-0.25, -0.2) is 0 Å². The smallest absolute Gasteiger partial charge is 0.306 e. The molecule has 6 nitrogen and oxygen atoms in total. The van der Waals surface area contributed by atoms with Crippen LogP contribution in [0, 0.1) is 0 Å². The summed E-state index contributed by atoms with van der Waals surface area (Å²) in [5, 5.41) is 0. The molecule has 0 aliphatic heterocycles. The molecule has 362 valence electrons. The van der Waals surface area contributed by atoms with E-state index in [0.717, 1.165) is 83.5 Å². The number of unbranched alkanes of at least 4 members (excludes halogenated alkanes) is 32. The summed E-state index contributed by atoms with van der Waals surface area (Å²) in [5.74, 6) is -0.871. The molecule has 0 aliphatic rings. The third-order valence-corrected chi connectivity index (χ3v) is 11.9. The van der Waals surface area contributed by atoms with Crippen LogP contribution in [0.1, 0.15) is 284 Å². The van der Waals surface area contributed by atoms with Crippen LogP contribution in [0.4, 0.5) is 0 Å². The van der Waals surface area contributed by atoms with Crippen LogP contribution in [0.25, 0.3) is 0 Å². The molecular weight excluding hydrogens is 769 g/mol. The Morgan fingerprint density at radius 2 is 0.629 bits per heavy atom. The van der Waals surface area contributed by atoms with Crippen LogP contribution in [0.2, 0.25) is 0 Å². The molecule has 0 aromatic carbocycles. The third kappa shape index (κ3) is 48.7. The van der Waals surface area contributed by atoms with Gasteiger partial charge in [-0.15, -0.1) is 0 Å². The molecule has 1 unspecified atom stereocenters. The highest BCUT2D eigenvalue weighted by Gasteiger charge is 2.19. The zero-order valence-corrected chi connectivity index (χ0v) is 41.4. The number of rotatable bonds is 49. The van der Waals surface area contributed by atoms with Crippen LogP contribution in [-0.4, -0.2) is 37.2 Å². The number of carbonyl (C=O) groups is 3. The fourth-order valence-electron chi connectivity index (χ4n) is 7.87. The molecule has 0 N–H and O–H groups in total. The predicted molar refractivity (Wildman–Crippen MR) is 266 cm³/mol. The molecule has 0 saturated carbocycles. The number of esters is 3.